The number of rotatable bonds is 14. The summed E-state index contributed by atoms with van der Waals surface area (Å²) in [5.74, 6) is 5.43. The van der Waals surface area contributed by atoms with Crippen molar-refractivity contribution in [3.05, 3.63) is 88.2 Å². The third-order valence-corrected chi connectivity index (χ3v) is 8.97. The standard InChI is InChI=1S/C34H34FN7O3S2/c1-4-5-8-18-42(29-20-22(2)31(41-40-29)39-33-37-25-12-6-7-13-27(25)46-33)34-38-30(32(43)44)28(47-34)14-10-19-45-26-16-15-23(21-24(26)35)11-9-17-36-3/h4-7,12-13,15-16,20-21,36H,8,10,14,17-19H2,1-3H3,(H,43,44)(H,37,39,41)/b5-4-. The second kappa shape index (κ2) is 16.1. The van der Waals surface area contributed by atoms with Crippen LogP contribution in [0.25, 0.3) is 10.2 Å². The minimum absolute atomic E-state index is 0.0180. The molecule has 0 radical (unpaired) electrons. The number of aromatic nitrogens is 4. The van der Waals surface area contributed by atoms with E-state index in [1.807, 2.05) is 61.2 Å². The van der Waals surface area contributed by atoms with E-state index < -0.39 is 11.8 Å². The Morgan fingerprint density at radius 1 is 1.15 bits per heavy atom. The molecule has 3 N–H and O–H groups in total. The molecule has 0 spiro atoms. The Morgan fingerprint density at radius 2 is 2.00 bits per heavy atom. The number of anilines is 4. The molecule has 2 aromatic carbocycles. The molecule has 0 saturated carbocycles. The van der Waals surface area contributed by atoms with Gasteiger partial charge in [-0.25, -0.2) is 19.2 Å². The highest BCUT2D eigenvalue weighted by Crippen LogP contribution is 2.34. The summed E-state index contributed by atoms with van der Waals surface area (Å²) in [6.45, 7) is 5.11. The van der Waals surface area contributed by atoms with Gasteiger partial charge in [-0.1, -0.05) is 47.5 Å². The Hall–Kier alpha value is -4.90. The summed E-state index contributed by atoms with van der Waals surface area (Å²) in [5.41, 5.74) is 2.30. The van der Waals surface area contributed by atoms with Gasteiger partial charge >= 0.3 is 5.97 Å². The van der Waals surface area contributed by atoms with Crippen molar-refractivity contribution < 1.29 is 19.0 Å². The Kier molecular flexibility index (Phi) is 11.5. The number of aryl methyl sites for hydroxylation is 2. The molecule has 0 bridgehead atoms. The van der Waals surface area contributed by atoms with Crippen LogP contribution in [0.15, 0.2) is 60.7 Å². The second-order valence-electron chi connectivity index (χ2n) is 10.4. The van der Waals surface area contributed by atoms with Crippen LogP contribution in [-0.4, -0.2) is 58.0 Å². The van der Waals surface area contributed by atoms with Gasteiger partial charge in [-0.15, -0.1) is 21.5 Å². The van der Waals surface area contributed by atoms with Gasteiger partial charge in [-0.05, 0) is 82.1 Å². The lowest BCUT2D eigenvalue weighted by Gasteiger charge is -2.20. The number of thiazole rings is 2. The summed E-state index contributed by atoms with van der Waals surface area (Å²) < 4.78 is 21.3. The van der Waals surface area contributed by atoms with Gasteiger partial charge in [0.15, 0.2) is 39.2 Å². The molecule has 0 saturated heterocycles. The smallest absolute Gasteiger partial charge is 0.355 e. The van der Waals surface area contributed by atoms with E-state index in [1.54, 1.807) is 19.2 Å². The van der Waals surface area contributed by atoms with E-state index in [0.29, 0.717) is 59.6 Å². The lowest BCUT2D eigenvalue weighted by atomic mass is 10.2. The molecule has 0 amide bonds. The Labute approximate surface area is 280 Å². The molecule has 5 aromatic rings. The predicted molar refractivity (Wildman–Crippen MR) is 186 cm³/mol. The van der Waals surface area contributed by atoms with Crippen molar-refractivity contribution in [1.29, 1.82) is 0 Å². The van der Waals surface area contributed by atoms with Crippen molar-refractivity contribution in [3.63, 3.8) is 0 Å². The molecule has 0 unspecified atom stereocenters. The highest BCUT2D eigenvalue weighted by molar-refractivity contribution is 7.22. The number of nitrogens with one attached hydrogen (secondary N) is 2. The quantitative estimate of drug-likeness (QED) is 0.0639. The van der Waals surface area contributed by atoms with Crippen molar-refractivity contribution in [3.8, 4) is 17.6 Å². The zero-order chi connectivity index (χ0) is 33.2. The molecule has 3 aromatic heterocycles. The van der Waals surface area contributed by atoms with Crippen molar-refractivity contribution in [2.45, 2.75) is 33.1 Å². The maximum Gasteiger partial charge on any atom is 0.355 e. The van der Waals surface area contributed by atoms with Crippen molar-refractivity contribution in [1.82, 2.24) is 25.5 Å². The summed E-state index contributed by atoms with van der Waals surface area (Å²) in [7, 11) is 1.79. The summed E-state index contributed by atoms with van der Waals surface area (Å²) in [6.07, 6.45) is 5.55. The zero-order valence-electron chi connectivity index (χ0n) is 26.2. The average Bonchev–Trinajstić information content (AvgIpc) is 3.67. The normalized spacial score (nSPS) is 11.1. The summed E-state index contributed by atoms with van der Waals surface area (Å²) in [4.78, 5) is 23.8. The molecule has 47 heavy (non-hydrogen) atoms. The Bertz CT molecular complexity index is 1910. The number of carbonyl (C=O) groups is 1. The van der Waals surface area contributed by atoms with Gasteiger partial charge in [0, 0.05) is 17.0 Å². The van der Waals surface area contributed by atoms with E-state index in [2.05, 4.69) is 42.6 Å². The van der Waals surface area contributed by atoms with Crippen LogP contribution in [-0.2, 0) is 6.42 Å². The second-order valence-corrected chi connectivity index (χ2v) is 12.5. The van der Waals surface area contributed by atoms with E-state index in [-0.39, 0.29) is 18.1 Å². The fourth-order valence-corrected chi connectivity index (χ4v) is 6.56. The molecule has 3 heterocycles. The van der Waals surface area contributed by atoms with E-state index in [4.69, 9.17) is 4.74 Å². The van der Waals surface area contributed by atoms with E-state index >= 15 is 0 Å². The highest BCUT2D eigenvalue weighted by Gasteiger charge is 2.23. The summed E-state index contributed by atoms with van der Waals surface area (Å²) >= 11 is 2.83. The first kappa shape index (κ1) is 33.5. The largest absolute Gasteiger partial charge is 0.491 e. The molecule has 10 nitrogen and oxygen atoms in total. The van der Waals surface area contributed by atoms with Gasteiger partial charge in [0.25, 0.3) is 0 Å². The van der Waals surface area contributed by atoms with Crippen LogP contribution < -0.4 is 20.3 Å². The Balaban J connectivity index is 1.30. The third-order valence-electron chi connectivity index (χ3n) is 6.88. The lowest BCUT2D eigenvalue weighted by Crippen LogP contribution is -2.20. The molecular formula is C34H34FN7O3S2. The minimum atomic E-state index is -1.12. The predicted octanol–water partition coefficient (Wildman–Crippen LogP) is 7.12. The fourth-order valence-electron chi connectivity index (χ4n) is 4.57. The molecule has 242 valence electrons. The van der Waals surface area contributed by atoms with Gasteiger partial charge in [0.2, 0.25) is 0 Å². The number of hydrogen-bond acceptors (Lipinski definition) is 11. The SMILES string of the molecule is C/C=C\CCN(c1cc(C)c(Nc2nc3ccccc3s2)nn1)c1nc(C(=O)O)c(CCCOc2ccc(C#CCNC)cc2F)s1. The van der Waals surface area contributed by atoms with Crippen molar-refractivity contribution in [2.75, 3.05) is 37.0 Å². The van der Waals surface area contributed by atoms with Gasteiger partial charge in [-0.3, -0.25) is 0 Å². The zero-order valence-corrected chi connectivity index (χ0v) is 27.8. The summed E-state index contributed by atoms with van der Waals surface area (Å²) in [5, 5.41) is 26.3. The third kappa shape index (κ3) is 8.68. The van der Waals surface area contributed by atoms with E-state index in [0.717, 1.165) is 20.9 Å². The summed E-state index contributed by atoms with van der Waals surface area (Å²) in [6, 6.07) is 14.4. The molecule has 0 atom stereocenters. The van der Waals surface area contributed by atoms with Crippen LogP contribution in [0.5, 0.6) is 5.75 Å². The maximum atomic E-state index is 14.5. The van der Waals surface area contributed by atoms with Crippen LogP contribution in [0.3, 0.4) is 0 Å². The number of carboxylic acid groups (broad SMARTS) is 1. The maximum absolute atomic E-state index is 14.5. The van der Waals surface area contributed by atoms with Crippen LogP contribution in [0.1, 0.15) is 46.3 Å². The van der Waals surface area contributed by atoms with Gasteiger partial charge in [-0.2, -0.15) is 0 Å². The number of aromatic carboxylic acids is 1. The molecule has 0 aliphatic carbocycles. The average molecular weight is 672 g/mol. The van der Waals surface area contributed by atoms with E-state index in [1.165, 1.54) is 28.7 Å². The first-order valence-electron chi connectivity index (χ1n) is 15.0. The minimum Gasteiger partial charge on any atom is -0.491 e. The number of allylic oxidation sites excluding steroid dienone is 1. The first-order valence-corrected chi connectivity index (χ1v) is 16.6. The molecule has 0 aliphatic rings. The highest BCUT2D eigenvalue weighted by atomic mass is 32.1. The number of ether oxygens (including phenoxy) is 1. The lowest BCUT2D eigenvalue weighted by molar-refractivity contribution is 0.0690. The molecular weight excluding hydrogens is 638 g/mol. The number of nitrogens with zero attached hydrogens (tertiary/aromatic N) is 5. The van der Waals surface area contributed by atoms with Gasteiger partial charge < -0.3 is 25.4 Å². The number of carboxylic acids is 1. The number of hydrogen-bond donors (Lipinski definition) is 3. The topological polar surface area (TPSA) is 125 Å². The van der Waals surface area contributed by atoms with Crippen LogP contribution >= 0.6 is 22.7 Å². The van der Waals surface area contributed by atoms with Crippen LogP contribution in [0.2, 0.25) is 0 Å². The fraction of sp³-hybridized carbons (Fsp3) is 0.265. The molecule has 5 rings (SSSR count). The van der Waals surface area contributed by atoms with Gasteiger partial charge in [0.05, 0.1) is 23.4 Å². The number of halogens is 1. The number of fused-ring (bicyclic) bond motifs is 1. The first-order chi connectivity index (χ1) is 22.9. The van der Waals surface area contributed by atoms with E-state index in [9.17, 15) is 14.3 Å². The molecule has 13 heteroatoms. The number of benzene rings is 2. The van der Waals surface area contributed by atoms with Crippen LogP contribution in [0.4, 0.5) is 26.3 Å². The molecule has 0 aliphatic heterocycles. The van der Waals surface area contributed by atoms with Crippen molar-refractivity contribution >= 4 is 60.8 Å². The monoisotopic (exact) mass is 671 g/mol. The number of para-hydroxylation sites is 1. The van der Waals surface area contributed by atoms with Crippen molar-refractivity contribution in [2.24, 2.45) is 0 Å². The van der Waals surface area contributed by atoms with Crippen LogP contribution in [0, 0.1) is 24.6 Å². The molecule has 0 fully saturated rings. The Morgan fingerprint density at radius 3 is 2.74 bits per heavy atom. The van der Waals surface area contributed by atoms with Gasteiger partial charge in [0.1, 0.15) is 0 Å².